The summed E-state index contributed by atoms with van der Waals surface area (Å²) in [5.74, 6) is 0. The van der Waals surface area contributed by atoms with Crippen LogP contribution in [0.15, 0.2) is 11.6 Å². The maximum atomic E-state index is 6.01. The normalized spacial score (nSPS) is 11.6. The van der Waals surface area contributed by atoms with E-state index in [1.807, 2.05) is 11.6 Å². The van der Waals surface area contributed by atoms with Crippen molar-refractivity contribution in [2.75, 3.05) is 19.6 Å². The first-order chi connectivity index (χ1) is 7.01. The second-order valence-corrected chi connectivity index (χ2v) is 5.51. The molecule has 0 amide bonds. The number of halogens is 1. The van der Waals surface area contributed by atoms with Gasteiger partial charge in [-0.1, -0.05) is 6.92 Å². The summed E-state index contributed by atoms with van der Waals surface area (Å²) in [5, 5.41) is 3.24. The minimum atomic E-state index is -0.112. The van der Waals surface area contributed by atoms with E-state index in [4.69, 9.17) is 5.73 Å². The maximum Gasteiger partial charge on any atom is 0.0937 e. The molecule has 3 nitrogen and oxygen atoms in total. The molecule has 0 saturated carbocycles. The van der Waals surface area contributed by atoms with E-state index in [-0.39, 0.29) is 17.9 Å². The largest absolute Gasteiger partial charge is 0.324 e. The lowest BCUT2D eigenvalue weighted by Crippen LogP contribution is -2.45. The van der Waals surface area contributed by atoms with Crippen LogP contribution < -0.4 is 5.73 Å². The van der Waals surface area contributed by atoms with Crippen molar-refractivity contribution in [3.63, 3.8) is 0 Å². The van der Waals surface area contributed by atoms with Crippen molar-refractivity contribution in [2.45, 2.75) is 32.7 Å². The Kier molecular flexibility index (Phi) is 7.15. The number of hydrogen-bond donors (Lipinski definition) is 1. The Morgan fingerprint density at radius 1 is 1.50 bits per heavy atom. The molecule has 0 fully saturated rings. The molecule has 0 aliphatic rings. The molecule has 1 aromatic heterocycles. The standard InChI is InChI=1S/C11H21N3S.ClH/c1-4-14(9-11(2,3)12)7-5-10-13-6-8-15-10;/h6,8H,4-5,7,9,12H2,1-3H3;1H. The van der Waals surface area contributed by atoms with Gasteiger partial charge in [-0.05, 0) is 20.4 Å². The van der Waals surface area contributed by atoms with Crippen LogP contribution in [-0.2, 0) is 6.42 Å². The number of likely N-dealkylation sites (N-methyl/N-ethyl adjacent to an activating group) is 1. The number of hydrogen-bond acceptors (Lipinski definition) is 4. The van der Waals surface area contributed by atoms with E-state index in [1.165, 1.54) is 5.01 Å². The lowest BCUT2D eigenvalue weighted by molar-refractivity contribution is 0.238. The first-order valence-corrected chi connectivity index (χ1v) is 6.29. The molecule has 1 heterocycles. The van der Waals surface area contributed by atoms with Crippen LogP contribution in [0.3, 0.4) is 0 Å². The molecule has 0 bridgehead atoms. The summed E-state index contributed by atoms with van der Waals surface area (Å²) in [6, 6.07) is 0. The van der Waals surface area contributed by atoms with Crippen molar-refractivity contribution in [3.8, 4) is 0 Å². The molecular formula is C11H22ClN3S. The zero-order chi connectivity index (χ0) is 11.3. The molecule has 2 N–H and O–H groups in total. The van der Waals surface area contributed by atoms with Crippen LogP contribution in [0, 0.1) is 0 Å². The number of thiazole rings is 1. The third-order valence-corrected chi connectivity index (χ3v) is 3.04. The molecule has 1 aromatic rings. The van der Waals surface area contributed by atoms with Crippen LogP contribution in [0.1, 0.15) is 25.8 Å². The summed E-state index contributed by atoms with van der Waals surface area (Å²) in [5.41, 5.74) is 5.89. The molecule has 0 spiro atoms. The minimum Gasteiger partial charge on any atom is -0.324 e. The van der Waals surface area contributed by atoms with E-state index in [0.717, 1.165) is 26.1 Å². The van der Waals surface area contributed by atoms with Gasteiger partial charge in [0.05, 0.1) is 5.01 Å². The summed E-state index contributed by atoms with van der Waals surface area (Å²) in [6.45, 7) is 9.34. The maximum absolute atomic E-state index is 6.01. The summed E-state index contributed by atoms with van der Waals surface area (Å²) in [7, 11) is 0. The van der Waals surface area contributed by atoms with Gasteiger partial charge in [0.2, 0.25) is 0 Å². The lowest BCUT2D eigenvalue weighted by Gasteiger charge is -2.28. The monoisotopic (exact) mass is 263 g/mol. The van der Waals surface area contributed by atoms with Gasteiger partial charge in [0, 0.05) is 36.6 Å². The minimum absolute atomic E-state index is 0. The fourth-order valence-electron chi connectivity index (χ4n) is 1.56. The third-order valence-electron chi connectivity index (χ3n) is 2.20. The van der Waals surface area contributed by atoms with Gasteiger partial charge in [-0.2, -0.15) is 0 Å². The van der Waals surface area contributed by atoms with Crippen molar-refractivity contribution in [1.82, 2.24) is 9.88 Å². The lowest BCUT2D eigenvalue weighted by atomic mass is 10.1. The topological polar surface area (TPSA) is 42.2 Å². The second kappa shape index (κ2) is 7.22. The van der Waals surface area contributed by atoms with Gasteiger partial charge in [-0.25, -0.2) is 4.98 Å². The van der Waals surface area contributed by atoms with E-state index < -0.39 is 0 Å². The molecule has 0 atom stereocenters. The average molecular weight is 264 g/mol. The van der Waals surface area contributed by atoms with Crippen LogP contribution in [0.5, 0.6) is 0 Å². The van der Waals surface area contributed by atoms with Gasteiger partial charge in [0.15, 0.2) is 0 Å². The molecule has 0 aliphatic heterocycles. The number of nitrogens with two attached hydrogens (primary N) is 1. The smallest absolute Gasteiger partial charge is 0.0937 e. The first kappa shape index (κ1) is 15.8. The van der Waals surface area contributed by atoms with Crippen LogP contribution in [0.2, 0.25) is 0 Å². The molecule has 0 saturated heterocycles. The quantitative estimate of drug-likeness (QED) is 0.855. The number of rotatable bonds is 6. The molecule has 94 valence electrons. The average Bonchev–Trinajstić information content (AvgIpc) is 2.62. The fraction of sp³-hybridized carbons (Fsp3) is 0.727. The van der Waals surface area contributed by atoms with Gasteiger partial charge in [0.25, 0.3) is 0 Å². The Hall–Kier alpha value is -0.160. The number of nitrogens with zero attached hydrogens (tertiary/aromatic N) is 2. The Morgan fingerprint density at radius 2 is 2.19 bits per heavy atom. The van der Waals surface area contributed by atoms with Crippen molar-refractivity contribution >= 4 is 23.7 Å². The van der Waals surface area contributed by atoms with Gasteiger partial charge in [-0.3, -0.25) is 0 Å². The van der Waals surface area contributed by atoms with Crippen molar-refractivity contribution < 1.29 is 0 Å². The summed E-state index contributed by atoms with van der Waals surface area (Å²) < 4.78 is 0. The Bertz CT molecular complexity index is 269. The SMILES string of the molecule is CCN(CCc1nccs1)CC(C)(C)N.Cl. The Labute approximate surface area is 108 Å². The molecule has 16 heavy (non-hydrogen) atoms. The fourth-order valence-corrected chi connectivity index (χ4v) is 2.17. The first-order valence-electron chi connectivity index (χ1n) is 5.41. The predicted octanol–water partition coefficient (Wildman–Crippen LogP) is 2.17. The summed E-state index contributed by atoms with van der Waals surface area (Å²) in [4.78, 5) is 6.66. The van der Waals surface area contributed by atoms with Crippen molar-refractivity contribution in [1.29, 1.82) is 0 Å². The Morgan fingerprint density at radius 3 is 2.62 bits per heavy atom. The van der Waals surface area contributed by atoms with E-state index in [1.54, 1.807) is 11.3 Å². The van der Waals surface area contributed by atoms with Crippen LogP contribution in [0.25, 0.3) is 0 Å². The summed E-state index contributed by atoms with van der Waals surface area (Å²) >= 11 is 1.72. The van der Waals surface area contributed by atoms with Gasteiger partial charge < -0.3 is 10.6 Å². The zero-order valence-corrected chi connectivity index (χ0v) is 11.9. The molecule has 1 rings (SSSR count). The van der Waals surface area contributed by atoms with Crippen LogP contribution >= 0.6 is 23.7 Å². The highest BCUT2D eigenvalue weighted by Crippen LogP contribution is 2.07. The predicted molar refractivity (Wildman–Crippen MR) is 73.4 cm³/mol. The number of aromatic nitrogens is 1. The van der Waals surface area contributed by atoms with Crippen molar-refractivity contribution in [3.05, 3.63) is 16.6 Å². The zero-order valence-electron chi connectivity index (χ0n) is 10.3. The highest BCUT2D eigenvalue weighted by molar-refractivity contribution is 7.09. The van der Waals surface area contributed by atoms with Crippen LogP contribution in [0.4, 0.5) is 0 Å². The van der Waals surface area contributed by atoms with Gasteiger partial charge in [0.1, 0.15) is 0 Å². The summed E-state index contributed by atoms with van der Waals surface area (Å²) in [6.07, 6.45) is 2.89. The molecule has 0 aromatic carbocycles. The molecule has 0 unspecified atom stereocenters. The highest BCUT2D eigenvalue weighted by atomic mass is 35.5. The molecule has 5 heteroatoms. The Balaban J connectivity index is 0.00000225. The molecule has 0 radical (unpaired) electrons. The second-order valence-electron chi connectivity index (χ2n) is 4.53. The van der Waals surface area contributed by atoms with Crippen LogP contribution in [-0.4, -0.2) is 35.1 Å². The third kappa shape index (κ3) is 6.43. The van der Waals surface area contributed by atoms with E-state index >= 15 is 0 Å². The van der Waals surface area contributed by atoms with Crippen molar-refractivity contribution in [2.24, 2.45) is 5.73 Å². The highest BCUT2D eigenvalue weighted by Gasteiger charge is 2.15. The van der Waals surface area contributed by atoms with E-state index in [0.29, 0.717) is 0 Å². The van der Waals surface area contributed by atoms with Gasteiger partial charge >= 0.3 is 0 Å². The van der Waals surface area contributed by atoms with E-state index in [2.05, 4.69) is 30.7 Å². The molecular weight excluding hydrogens is 242 g/mol. The molecule has 0 aliphatic carbocycles. The van der Waals surface area contributed by atoms with Gasteiger partial charge in [-0.15, -0.1) is 23.7 Å². The van der Waals surface area contributed by atoms with E-state index in [9.17, 15) is 0 Å².